The number of epoxide rings is 1. The van der Waals surface area contributed by atoms with Crippen molar-refractivity contribution in [2.75, 3.05) is 13.2 Å². The average Bonchev–Trinajstić information content (AvgIpc) is 3.76. The van der Waals surface area contributed by atoms with Gasteiger partial charge in [0, 0.05) is 26.0 Å². The van der Waals surface area contributed by atoms with Crippen molar-refractivity contribution in [3.05, 3.63) is 71.8 Å². The van der Waals surface area contributed by atoms with E-state index in [1.165, 1.54) is 13.0 Å². The number of aliphatic hydroxyl groups is 1. The van der Waals surface area contributed by atoms with Crippen molar-refractivity contribution in [3.8, 4) is 0 Å². The van der Waals surface area contributed by atoms with Crippen LogP contribution in [0.1, 0.15) is 65.9 Å². The van der Waals surface area contributed by atoms with E-state index in [1.807, 2.05) is 56.3 Å². The molecule has 9 nitrogen and oxygen atoms in total. The summed E-state index contributed by atoms with van der Waals surface area (Å²) in [5.41, 5.74) is 1.69. The van der Waals surface area contributed by atoms with E-state index in [4.69, 9.17) is 23.7 Å². The Bertz CT molecular complexity index is 1180. The Labute approximate surface area is 261 Å². The minimum atomic E-state index is -0.706. The Morgan fingerprint density at radius 3 is 2.61 bits per heavy atom. The van der Waals surface area contributed by atoms with Crippen molar-refractivity contribution < 1.29 is 38.4 Å². The zero-order valence-corrected chi connectivity index (χ0v) is 26.6. The molecule has 0 bridgehead atoms. The standard InChI is InChI=1S/C35H49NO8/c1-23(11-14-31-24(2)19-30(26(4)43-31)36-33(38)16-13-25(3)42-27(5)37)12-15-32-34(39)35(22-41-35)20-29(44-32)17-18-40-21-28-9-7-6-8-10-28/h6-13,15-16,24-26,29-32,34,39H,14,17-22H2,1-5H3,(H,36,38)/b15-12+,16-13-,23-11+/t24-,25-,26+,29-,30+,31-,32?,34-,35-/m0/s1. The molecule has 44 heavy (non-hydrogen) atoms. The lowest BCUT2D eigenvalue weighted by molar-refractivity contribution is -0.143. The summed E-state index contributed by atoms with van der Waals surface area (Å²) in [6.45, 7) is 10.9. The molecular weight excluding hydrogens is 562 g/mol. The topological polar surface area (TPSA) is 116 Å². The van der Waals surface area contributed by atoms with Crippen LogP contribution in [0.4, 0.5) is 0 Å². The highest BCUT2D eigenvalue weighted by atomic mass is 16.6. The molecule has 3 heterocycles. The van der Waals surface area contributed by atoms with Gasteiger partial charge in [0.25, 0.3) is 0 Å². The number of allylic oxidation sites excluding steroid dienone is 2. The first kappa shape index (κ1) is 34.1. The molecule has 242 valence electrons. The summed E-state index contributed by atoms with van der Waals surface area (Å²) in [7, 11) is 0. The van der Waals surface area contributed by atoms with E-state index in [2.05, 4.69) is 18.3 Å². The van der Waals surface area contributed by atoms with Gasteiger partial charge in [0.1, 0.15) is 23.9 Å². The number of ether oxygens (including phenoxy) is 5. The highest BCUT2D eigenvalue weighted by molar-refractivity contribution is 5.87. The fraction of sp³-hybridized carbons (Fsp3) is 0.600. The largest absolute Gasteiger partial charge is 0.459 e. The zero-order chi connectivity index (χ0) is 31.7. The number of rotatable bonds is 13. The van der Waals surface area contributed by atoms with Crippen LogP contribution in [0.15, 0.2) is 66.3 Å². The summed E-state index contributed by atoms with van der Waals surface area (Å²) >= 11 is 0. The molecule has 9 atom stereocenters. The quantitative estimate of drug-likeness (QED) is 0.110. The van der Waals surface area contributed by atoms with E-state index in [0.29, 0.717) is 26.2 Å². The van der Waals surface area contributed by atoms with Gasteiger partial charge in [0.15, 0.2) is 0 Å². The number of amides is 1. The zero-order valence-electron chi connectivity index (χ0n) is 26.6. The predicted octanol–water partition coefficient (Wildman–Crippen LogP) is 4.58. The Hall–Kier alpha value is -2.82. The average molecular weight is 612 g/mol. The molecule has 1 unspecified atom stereocenters. The second-order valence-electron chi connectivity index (χ2n) is 12.5. The smallest absolute Gasteiger partial charge is 0.303 e. The molecule has 0 radical (unpaired) electrons. The first-order chi connectivity index (χ1) is 21.0. The molecule has 0 aromatic heterocycles. The molecule has 2 N–H and O–H groups in total. The van der Waals surface area contributed by atoms with Crippen molar-refractivity contribution in [1.82, 2.24) is 5.32 Å². The van der Waals surface area contributed by atoms with Gasteiger partial charge < -0.3 is 34.1 Å². The van der Waals surface area contributed by atoms with Crippen LogP contribution in [0.25, 0.3) is 0 Å². The highest BCUT2D eigenvalue weighted by Crippen LogP contribution is 2.43. The third kappa shape index (κ3) is 10.1. The normalized spacial score (nSPS) is 33.0. The van der Waals surface area contributed by atoms with Gasteiger partial charge in [-0.1, -0.05) is 61.1 Å². The van der Waals surface area contributed by atoms with Crippen LogP contribution in [0, 0.1) is 5.92 Å². The Kier molecular flexibility index (Phi) is 12.3. The van der Waals surface area contributed by atoms with E-state index < -0.39 is 23.9 Å². The van der Waals surface area contributed by atoms with E-state index in [1.54, 1.807) is 13.0 Å². The number of carbonyl (C=O) groups is 2. The molecule has 1 amide bonds. The number of hydrogen-bond acceptors (Lipinski definition) is 8. The second-order valence-corrected chi connectivity index (χ2v) is 12.5. The van der Waals surface area contributed by atoms with Gasteiger partial charge in [-0.05, 0) is 57.6 Å². The molecule has 1 aromatic rings. The molecule has 0 saturated carbocycles. The van der Waals surface area contributed by atoms with Gasteiger partial charge in [-0.2, -0.15) is 0 Å². The van der Waals surface area contributed by atoms with Gasteiger partial charge >= 0.3 is 5.97 Å². The van der Waals surface area contributed by atoms with Crippen molar-refractivity contribution in [3.63, 3.8) is 0 Å². The lowest BCUT2D eigenvalue weighted by Crippen LogP contribution is -2.50. The lowest BCUT2D eigenvalue weighted by atomic mass is 9.87. The maximum Gasteiger partial charge on any atom is 0.303 e. The highest BCUT2D eigenvalue weighted by Gasteiger charge is 2.58. The van der Waals surface area contributed by atoms with Gasteiger partial charge in [-0.25, -0.2) is 0 Å². The Balaban J connectivity index is 1.23. The summed E-state index contributed by atoms with van der Waals surface area (Å²) in [5.74, 6) is -0.375. The van der Waals surface area contributed by atoms with Gasteiger partial charge in [-0.3, -0.25) is 9.59 Å². The third-order valence-electron chi connectivity index (χ3n) is 8.62. The molecule has 1 spiro atoms. The maximum absolute atomic E-state index is 12.4. The molecular formula is C35H49NO8. The molecule has 4 rings (SSSR count). The van der Waals surface area contributed by atoms with Crippen LogP contribution in [0.2, 0.25) is 0 Å². The third-order valence-corrected chi connectivity index (χ3v) is 8.62. The van der Waals surface area contributed by atoms with Crippen molar-refractivity contribution in [2.45, 2.75) is 115 Å². The summed E-state index contributed by atoms with van der Waals surface area (Å²) < 4.78 is 29.2. The number of nitrogens with one attached hydrogen (secondary N) is 1. The molecule has 0 aliphatic carbocycles. The fourth-order valence-electron chi connectivity index (χ4n) is 5.92. The monoisotopic (exact) mass is 611 g/mol. The molecule has 3 aliphatic heterocycles. The molecule has 1 aromatic carbocycles. The van der Waals surface area contributed by atoms with Crippen LogP contribution in [0.5, 0.6) is 0 Å². The molecule has 9 heteroatoms. The number of benzene rings is 1. The van der Waals surface area contributed by atoms with E-state index in [-0.39, 0.29) is 42.1 Å². The summed E-state index contributed by atoms with van der Waals surface area (Å²) in [5, 5.41) is 14.0. The van der Waals surface area contributed by atoms with Crippen molar-refractivity contribution >= 4 is 11.9 Å². The maximum atomic E-state index is 12.4. The molecule has 3 aliphatic rings. The Morgan fingerprint density at radius 1 is 1.16 bits per heavy atom. The minimum absolute atomic E-state index is 0.0287. The van der Waals surface area contributed by atoms with Crippen molar-refractivity contribution in [2.24, 2.45) is 5.92 Å². The van der Waals surface area contributed by atoms with Crippen LogP contribution < -0.4 is 5.32 Å². The van der Waals surface area contributed by atoms with Crippen LogP contribution in [-0.2, 0) is 39.9 Å². The first-order valence-corrected chi connectivity index (χ1v) is 15.8. The summed E-state index contributed by atoms with van der Waals surface area (Å²) in [4.78, 5) is 23.5. The minimum Gasteiger partial charge on any atom is -0.459 e. The Morgan fingerprint density at radius 2 is 1.91 bits per heavy atom. The van der Waals surface area contributed by atoms with Crippen molar-refractivity contribution in [1.29, 1.82) is 0 Å². The summed E-state index contributed by atoms with van der Waals surface area (Å²) in [6.07, 6.45) is 10.2. The molecule has 3 fully saturated rings. The van der Waals surface area contributed by atoms with Crippen LogP contribution in [0.3, 0.4) is 0 Å². The lowest BCUT2D eigenvalue weighted by Gasteiger charge is -2.39. The number of esters is 1. The van der Waals surface area contributed by atoms with Crippen LogP contribution in [-0.4, -0.2) is 78.5 Å². The summed E-state index contributed by atoms with van der Waals surface area (Å²) in [6, 6.07) is 9.99. The SMILES string of the molecule is CC(=O)O[C@@H](C)/C=C\C(=O)N[C@@H]1C[C@H](C)[C@H](C/C=C(C)/C=C/C2O[C@@H](CCOCc3ccccc3)C[C@]3(CO3)[C@H]2O)O[C@@H]1C. The van der Waals surface area contributed by atoms with Gasteiger partial charge in [0.2, 0.25) is 5.91 Å². The van der Waals surface area contributed by atoms with Crippen LogP contribution >= 0.6 is 0 Å². The number of hydrogen-bond donors (Lipinski definition) is 2. The second kappa shape index (κ2) is 16.0. The van der Waals surface area contributed by atoms with E-state index >= 15 is 0 Å². The van der Waals surface area contributed by atoms with E-state index in [9.17, 15) is 14.7 Å². The van der Waals surface area contributed by atoms with Gasteiger partial charge in [-0.15, -0.1) is 0 Å². The number of carbonyl (C=O) groups excluding carboxylic acids is 2. The molecule has 3 saturated heterocycles. The number of aliphatic hydroxyl groups excluding tert-OH is 1. The fourth-order valence-corrected chi connectivity index (χ4v) is 5.92. The van der Waals surface area contributed by atoms with Gasteiger partial charge in [0.05, 0.1) is 37.6 Å². The first-order valence-electron chi connectivity index (χ1n) is 15.8. The predicted molar refractivity (Wildman–Crippen MR) is 167 cm³/mol. The van der Waals surface area contributed by atoms with E-state index in [0.717, 1.165) is 30.4 Å².